The van der Waals surface area contributed by atoms with Gasteiger partial charge in [0.05, 0.1) is 29.5 Å². The van der Waals surface area contributed by atoms with Crippen molar-refractivity contribution in [1.29, 1.82) is 0 Å². The van der Waals surface area contributed by atoms with Gasteiger partial charge in [-0.2, -0.15) is 0 Å². The number of fused-ring (bicyclic) bond motifs is 1. The highest BCUT2D eigenvalue weighted by Gasteiger charge is 2.37. The topological polar surface area (TPSA) is 48.4 Å². The third-order valence-electron chi connectivity index (χ3n) is 4.23. The number of esters is 1. The second-order valence-corrected chi connectivity index (χ2v) is 12.7. The van der Waals surface area contributed by atoms with Gasteiger partial charge in [-0.3, -0.25) is 0 Å². The molecule has 0 N–H and O–H groups in total. The predicted molar refractivity (Wildman–Crippen MR) is 92.9 cm³/mol. The molecule has 0 spiro atoms. The van der Waals surface area contributed by atoms with Crippen molar-refractivity contribution in [2.45, 2.75) is 45.5 Å². The number of aromatic nitrogens is 1. The first kappa shape index (κ1) is 17.1. The average Bonchev–Trinajstić information content (AvgIpc) is 2.86. The fourth-order valence-electron chi connectivity index (χ4n) is 1.79. The van der Waals surface area contributed by atoms with Crippen LogP contribution >= 0.6 is 11.3 Å². The van der Waals surface area contributed by atoms with Gasteiger partial charge in [-0.15, -0.1) is 11.3 Å². The first-order chi connectivity index (χ1) is 10.2. The fraction of sp³-hybridized carbons (Fsp3) is 0.500. The van der Waals surface area contributed by atoms with E-state index in [9.17, 15) is 4.79 Å². The number of carbonyl (C=O) groups excluding carboxylic acids is 1. The Morgan fingerprint density at radius 1 is 1.32 bits per heavy atom. The second-order valence-electron chi connectivity index (χ2n) is 6.80. The Labute approximate surface area is 136 Å². The summed E-state index contributed by atoms with van der Waals surface area (Å²) in [5, 5.41) is 1.07. The van der Waals surface area contributed by atoms with Crippen LogP contribution in [0.1, 0.15) is 36.1 Å². The highest BCUT2D eigenvalue weighted by molar-refractivity contribution is 7.19. The molecule has 0 aliphatic carbocycles. The summed E-state index contributed by atoms with van der Waals surface area (Å²) >= 11 is 1.50. The molecule has 0 atom stereocenters. The number of benzene rings is 1. The van der Waals surface area contributed by atoms with Crippen molar-refractivity contribution in [3.8, 4) is 0 Å². The highest BCUT2D eigenvalue weighted by atomic mass is 32.1. The summed E-state index contributed by atoms with van der Waals surface area (Å²) in [4.78, 5) is 16.4. The third kappa shape index (κ3) is 3.39. The number of hydrogen-bond acceptors (Lipinski definition) is 5. The minimum atomic E-state index is -1.80. The van der Waals surface area contributed by atoms with E-state index in [4.69, 9.17) is 9.16 Å². The largest absolute Gasteiger partial charge is 0.465 e. The fourth-order valence-corrected chi connectivity index (χ4v) is 3.80. The summed E-state index contributed by atoms with van der Waals surface area (Å²) in [7, 11) is -0.411. The maximum absolute atomic E-state index is 11.8. The van der Waals surface area contributed by atoms with Crippen LogP contribution in [0.2, 0.25) is 18.1 Å². The molecule has 2 aromatic rings. The van der Waals surface area contributed by atoms with Crippen molar-refractivity contribution in [3.63, 3.8) is 0 Å². The average molecular weight is 338 g/mol. The Kier molecular flexibility index (Phi) is 4.75. The number of hydrogen-bond donors (Lipinski definition) is 0. The molecule has 0 amide bonds. The van der Waals surface area contributed by atoms with Gasteiger partial charge in [0, 0.05) is 0 Å². The van der Waals surface area contributed by atoms with Gasteiger partial charge in [-0.05, 0) is 30.3 Å². The molecule has 0 aliphatic rings. The van der Waals surface area contributed by atoms with Crippen molar-refractivity contribution in [2.24, 2.45) is 0 Å². The summed E-state index contributed by atoms with van der Waals surface area (Å²) in [6.45, 7) is 11.6. The summed E-state index contributed by atoms with van der Waals surface area (Å²) in [5.41, 5.74) is 1.39. The molecule has 0 bridgehead atoms. The summed E-state index contributed by atoms with van der Waals surface area (Å²) in [6, 6.07) is 5.51. The first-order valence-electron chi connectivity index (χ1n) is 7.26. The van der Waals surface area contributed by atoms with Crippen LogP contribution in [0.15, 0.2) is 18.2 Å². The van der Waals surface area contributed by atoms with Crippen molar-refractivity contribution in [1.82, 2.24) is 4.98 Å². The molecule has 1 aromatic carbocycles. The predicted octanol–water partition coefficient (Wildman–Crippen LogP) is 4.60. The first-order valence-corrected chi connectivity index (χ1v) is 11.0. The van der Waals surface area contributed by atoms with Gasteiger partial charge in [0.15, 0.2) is 8.32 Å². The molecule has 0 radical (unpaired) electrons. The summed E-state index contributed by atoms with van der Waals surface area (Å²) in [5.74, 6) is -0.328. The highest BCUT2D eigenvalue weighted by Crippen LogP contribution is 2.37. The van der Waals surface area contributed by atoms with Gasteiger partial charge in [0.25, 0.3) is 0 Å². The molecule has 1 aromatic heterocycles. The lowest BCUT2D eigenvalue weighted by Gasteiger charge is -2.35. The molecule has 4 nitrogen and oxygen atoms in total. The van der Waals surface area contributed by atoms with E-state index in [2.05, 4.69) is 38.8 Å². The van der Waals surface area contributed by atoms with Crippen LogP contribution in [0, 0.1) is 0 Å². The van der Waals surface area contributed by atoms with Crippen LogP contribution in [-0.4, -0.2) is 26.4 Å². The zero-order valence-corrected chi connectivity index (χ0v) is 15.8. The molecule has 120 valence electrons. The number of thiazole rings is 1. The maximum Gasteiger partial charge on any atom is 0.339 e. The molecule has 0 saturated carbocycles. The molecule has 0 saturated heterocycles. The zero-order chi connectivity index (χ0) is 16.5. The molecule has 6 heteroatoms. The van der Waals surface area contributed by atoms with Crippen LogP contribution in [-0.2, 0) is 15.8 Å². The number of nitrogens with zero attached hydrogens (tertiary/aromatic N) is 1. The minimum absolute atomic E-state index is 0.168. The van der Waals surface area contributed by atoms with Gasteiger partial charge in [0.2, 0.25) is 0 Å². The Hall–Kier alpha value is -1.24. The van der Waals surface area contributed by atoms with E-state index in [1.165, 1.54) is 18.4 Å². The third-order valence-corrected chi connectivity index (χ3v) is 9.78. The Morgan fingerprint density at radius 3 is 2.59 bits per heavy atom. The van der Waals surface area contributed by atoms with E-state index >= 15 is 0 Å². The van der Waals surface area contributed by atoms with Gasteiger partial charge in [-0.25, -0.2) is 9.78 Å². The zero-order valence-electron chi connectivity index (χ0n) is 14.0. The van der Waals surface area contributed by atoms with Gasteiger partial charge >= 0.3 is 5.97 Å². The Bertz CT molecular complexity index is 688. The van der Waals surface area contributed by atoms with Crippen LogP contribution in [0.5, 0.6) is 0 Å². The summed E-state index contributed by atoms with van der Waals surface area (Å²) < 4.78 is 11.9. The van der Waals surface area contributed by atoms with Gasteiger partial charge < -0.3 is 9.16 Å². The lowest BCUT2D eigenvalue weighted by atomic mass is 10.2. The number of methoxy groups -OCH3 is 1. The molecule has 0 unspecified atom stereocenters. The van der Waals surface area contributed by atoms with Crippen molar-refractivity contribution in [3.05, 3.63) is 28.8 Å². The van der Waals surface area contributed by atoms with Crippen LogP contribution in [0.3, 0.4) is 0 Å². The van der Waals surface area contributed by atoms with Crippen molar-refractivity contribution >= 4 is 35.8 Å². The quantitative estimate of drug-likeness (QED) is 0.604. The monoisotopic (exact) mass is 337 g/mol. The molecule has 22 heavy (non-hydrogen) atoms. The van der Waals surface area contributed by atoms with Gasteiger partial charge in [0.1, 0.15) is 5.01 Å². The van der Waals surface area contributed by atoms with Gasteiger partial charge in [-0.1, -0.05) is 26.8 Å². The van der Waals surface area contributed by atoms with E-state index in [0.717, 1.165) is 15.2 Å². The Morgan fingerprint density at radius 2 is 2.00 bits per heavy atom. The second kappa shape index (κ2) is 6.10. The van der Waals surface area contributed by atoms with E-state index in [0.29, 0.717) is 12.2 Å². The smallest absolute Gasteiger partial charge is 0.339 e. The Balaban J connectivity index is 2.26. The van der Waals surface area contributed by atoms with E-state index in [1.54, 1.807) is 6.07 Å². The SMILES string of the molecule is COC(=O)c1cccc2nc(CO[Si](C)(C)C(C)(C)C)sc12. The van der Waals surface area contributed by atoms with Crippen LogP contribution in [0.4, 0.5) is 0 Å². The number of carbonyl (C=O) groups is 1. The molecule has 2 rings (SSSR count). The van der Waals surface area contributed by atoms with Crippen molar-refractivity contribution in [2.75, 3.05) is 7.11 Å². The van der Waals surface area contributed by atoms with E-state index < -0.39 is 8.32 Å². The molecule has 0 aliphatic heterocycles. The summed E-state index contributed by atoms with van der Waals surface area (Å²) in [6.07, 6.45) is 0. The molecular weight excluding hydrogens is 314 g/mol. The lowest BCUT2D eigenvalue weighted by Crippen LogP contribution is -2.40. The van der Waals surface area contributed by atoms with E-state index in [1.807, 2.05) is 12.1 Å². The van der Waals surface area contributed by atoms with Crippen LogP contribution < -0.4 is 0 Å². The standard InChI is InChI=1S/C16H23NO3SSi/c1-16(2,3)22(5,6)20-10-13-17-12-9-7-8-11(14(12)21-13)15(18)19-4/h7-9H,10H2,1-6H3. The van der Waals surface area contributed by atoms with Crippen LogP contribution in [0.25, 0.3) is 10.2 Å². The molecule has 1 heterocycles. The van der Waals surface area contributed by atoms with Crippen molar-refractivity contribution < 1.29 is 14.0 Å². The molecular formula is C16H23NO3SSi. The minimum Gasteiger partial charge on any atom is -0.465 e. The number of rotatable bonds is 4. The lowest BCUT2D eigenvalue weighted by molar-refractivity contribution is 0.0603. The normalized spacial score (nSPS) is 12.6. The van der Waals surface area contributed by atoms with E-state index in [-0.39, 0.29) is 11.0 Å². The molecule has 0 fully saturated rings. The number of ether oxygens (including phenoxy) is 1. The maximum atomic E-state index is 11.8.